The van der Waals surface area contributed by atoms with Gasteiger partial charge in [0, 0.05) is 36.5 Å². The molecule has 0 saturated heterocycles. The Balaban J connectivity index is 1.84. The highest BCUT2D eigenvalue weighted by molar-refractivity contribution is 5.30. The number of pyridine rings is 1. The van der Waals surface area contributed by atoms with Gasteiger partial charge in [0.2, 0.25) is 0 Å². The van der Waals surface area contributed by atoms with Crippen molar-refractivity contribution in [3.05, 3.63) is 53.2 Å². The van der Waals surface area contributed by atoms with Crippen LogP contribution in [-0.2, 0) is 6.42 Å². The van der Waals surface area contributed by atoms with Gasteiger partial charge in [-0.05, 0) is 49.4 Å². The molecule has 3 heteroatoms. The number of aryl methyl sites for hydroxylation is 1. The highest BCUT2D eigenvalue weighted by Crippen LogP contribution is 2.42. The highest BCUT2D eigenvalue weighted by Gasteiger charge is 2.35. The smallest absolute Gasteiger partial charge is 0.109 e. The predicted molar refractivity (Wildman–Crippen MR) is 84.1 cm³/mol. The maximum atomic E-state index is 5.91. The Labute approximate surface area is 126 Å². The van der Waals surface area contributed by atoms with E-state index in [-0.39, 0.29) is 5.41 Å². The van der Waals surface area contributed by atoms with E-state index in [1.807, 2.05) is 19.3 Å². The number of aromatic nitrogens is 1. The van der Waals surface area contributed by atoms with Crippen molar-refractivity contribution in [1.82, 2.24) is 10.3 Å². The minimum absolute atomic E-state index is 0.271. The lowest BCUT2D eigenvalue weighted by molar-refractivity contribution is 0.226. The van der Waals surface area contributed by atoms with Crippen LogP contribution in [0, 0.1) is 12.3 Å². The van der Waals surface area contributed by atoms with E-state index in [1.54, 1.807) is 0 Å². The molecule has 2 aromatic heterocycles. The van der Waals surface area contributed by atoms with E-state index in [1.165, 1.54) is 11.1 Å². The quantitative estimate of drug-likeness (QED) is 0.910. The van der Waals surface area contributed by atoms with E-state index in [0.29, 0.717) is 12.1 Å². The van der Waals surface area contributed by atoms with Crippen LogP contribution in [0.15, 0.2) is 35.0 Å². The van der Waals surface area contributed by atoms with E-state index in [4.69, 9.17) is 4.42 Å². The van der Waals surface area contributed by atoms with Gasteiger partial charge in [0.25, 0.3) is 0 Å². The monoisotopic (exact) mass is 284 g/mol. The van der Waals surface area contributed by atoms with Crippen molar-refractivity contribution < 1.29 is 4.42 Å². The molecular formula is C18H24N2O. The summed E-state index contributed by atoms with van der Waals surface area (Å²) in [7, 11) is 0. The van der Waals surface area contributed by atoms with Gasteiger partial charge in [0.05, 0.1) is 0 Å². The summed E-state index contributed by atoms with van der Waals surface area (Å²) in [5, 5.41) is 3.77. The Morgan fingerprint density at radius 3 is 2.76 bits per heavy atom. The van der Waals surface area contributed by atoms with Gasteiger partial charge in [-0.2, -0.15) is 0 Å². The molecule has 3 rings (SSSR count). The topological polar surface area (TPSA) is 38.1 Å². The van der Waals surface area contributed by atoms with Crippen molar-refractivity contribution in [2.24, 2.45) is 5.41 Å². The lowest BCUT2D eigenvalue weighted by Gasteiger charge is -2.36. The van der Waals surface area contributed by atoms with Crippen LogP contribution in [0.2, 0.25) is 0 Å². The fourth-order valence-corrected chi connectivity index (χ4v) is 3.38. The fraction of sp³-hybridized carbons (Fsp3) is 0.500. The van der Waals surface area contributed by atoms with Gasteiger partial charge in [0.1, 0.15) is 11.5 Å². The molecule has 1 aliphatic rings. The maximum Gasteiger partial charge on any atom is 0.109 e. The number of nitrogens with one attached hydrogen (secondary N) is 1. The van der Waals surface area contributed by atoms with E-state index in [2.05, 4.69) is 49.3 Å². The molecule has 0 saturated carbocycles. The van der Waals surface area contributed by atoms with Crippen LogP contribution < -0.4 is 5.32 Å². The first-order valence-electron chi connectivity index (χ1n) is 7.70. The van der Waals surface area contributed by atoms with Crippen LogP contribution in [0.1, 0.15) is 61.9 Å². The summed E-state index contributed by atoms with van der Waals surface area (Å²) in [5.41, 5.74) is 2.88. The second kappa shape index (κ2) is 5.30. The van der Waals surface area contributed by atoms with Gasteiger partial charge >= 0.3 is 0 Å². The summed E-state index contributed by atoms with van der Waals surface area (Å²) in [6, 6.07) is 7.00. The van der Waals surface area contributed by atoms with Crippen molar-refractivity contribution >= 4 is 0 Å². The van der Waals surface area contributed by atoms with E-state index < -0.39 is 0 Å². The molecule has 3 nitrogen and oxygen atoms in total. The molecule has 0 aromatic carbocycles. The highest BCUT2D eigenvalue weighted by atomic mass is 16.3. The molecule has 21 heavy (non-hydrogen) atoms. The first-order valence-corrected chi connectivity index (χ1v) is 7.70. The molecule has 1 N–H and O–H groups in total. The molecule has 0 spiro atoms. The first-order chi connectivity index (χ1) is 9.94. The number of furan rings is 1. The molecule has 2 atom stereocenters. The second-order valence-electron chi connectivity index (χ2n) is 7.00. The average molecular weight is 284 g/mol. The van der Waals surface area contributed by atoms with Crippen LogP contribution in [-0.4, -0.2) is 4.98 Å². The van der Waals surface area contributed by atoms with Gasteiger partial charge in [-0.3, -0.25) is 4.98 Å². The lowest BCUT2D eigenvalue weighted by Crippen LogP contribution is -2.34. The third-order valence-electron chi connectivity index (χ3n) is 4.39. The van der Waals surface area contributed by atoms with Crippen molar-refractivity contribution in [2.45, 2.75) is 52.6 Å². The summed E-state index contributed by atoms with van der Waals surface area (Å²) >= 11 is 0. The molecule has 0 bridgehead atoms. The van der Waals surface area contributed by atoms with Gasteiger partial charge in [-0.15, -0.1) is 0 Å². The van der Waals surface area contributed by atoms with Crippen LogP contribution in [0.4, 0.5) is 0 Å². The number of hydrogen-bond acceptors (Lipinski definition) is 3. The van der Waals surface area contributed by atoms with Crippen molar-refractivity contribution in [3.63, 3.8) is 0 Å². The number of fused-ring (bicyclic) bond motifs is 1. The Morgan fingerprint density at radius 1 is 1.33 bits per heavy atom. The standard InChI is InChI=1S/C18H24N2O/c1-12-9-15-16(10-18(3,4)11-17(15)21-12)20-13(2)14-5-7-19-8-6-14/h5-9,13,16,20H,10-11H2,1-4H3. The Hall–Kier alpha value is -1.61. The molecule has 0 aliphatic heterocycles. The normalized spacial score (nSPS) is 21.8. The van der Waals surface area contributed by atoms with Crippen LogP contribution in [0.25, 0.3) is 0 Å². The van der Waals surface area contributed by atoms with Gasteiger partial charge in [-0.1, -0.05) is 13.8 Å². The summed E-state index contributed by atoms with van der Waals surface area (Å²) in [6.07, 6.45) is 5.86. The molecule has 112 valence electrons. The zero-order chi connectivity index (χ0) is 15.0. The third kappa shape index (κ3) is 3.03. The van der Waals surface area contributed by atoms with Crippen LogP contribution in [0.5, 0.6) is 0 Å². The summed E-state index contributed by atoms with van der Waals surface area (Å²) in [6.45, 7) is 8.89. The zero-order valence-electron chi connectivity index (χ0n) is 13.3. The van der Waals surface area contributed by atoms with Crippen molar-refractivity contribution in [1.29, 1.82) is 0 Å². The second-order valence-corrected chi connectivity index (χ2v) is 7.00. The summed E-state index contributed by atoms with van der Waals surface area (Å²) in [5.74, 6) is 2.17. The number of rotatable bonds is 3. The molecule has 2 unspecified atom stereocenters. The maximum absolute atomic E-state index is 5.91. The minimum Gasteiger partial charge on any atom is -0.466 e. The molecule has 0 fully saturated rings. The van der Waals surface area contributed by atoms with Crippen LogP contribution in [0.3, 0.4) is 0 Å². The van der Waals surface area contributed by atoms with Crippen molar-refractivity contribution in [3.8, 4) is 0 Å². The lowest BCUT2D eigenvalue weighted by atomic mass is 9.74. The Bertz CT molecular complexity index is 615. The minimum atomic E-state index is 0.271. The SMILES string of the molecule is Cc1cc2c(o1)CC(C)(C)CC2NC(C)c1ccncc1. The number of hydrogen-bond donors (Lipinski definition) is 1. The Morgan fingerprint density at radius 2 is 2.05 bits per heavy atom. The molecule has 0 radical (unpaired) electrons. The largest absolute Gasteiger partial charge is 0.466 e. The van der Waals surface area contributed by atoms with Crippen molar-refractivity contribution in [2.75, 3.05) is 0 Å². The third-order valence-corrected chi connectivity index (χ3v) is 4.39. The molecular weight excluding hydrogens is 260 g/mol. The van der Waals surface area contributed by atoms with E-state index in [9.17, 15) is 0 Å². The molecule has 2 heterocycles. The predicted octanol–water partition coefficient (Wildman–Crippen LogP) is 4.35. The summed E-state index contributed by atoms with van der Waals surface area (Å²) < 4.78 is 5.91. The Kier molecular flexibility index (Phi) is 3.62. The van der Waals surface area contributed by atoms with Gasteiger partial charge in [-0.25, -0.2) is 0 Å². The fourth-order valence-electron chi connectivity index (χ4n) is 3.38. The number of nitrogens with zero attached hydrogens (tertiary/aromatic N) is 1. The van der Waals surface area contributed by atoms with Gasteiger partial charge < -0.3 is 9.73 Å². The van der Waals surface area contributed by atoms with E-state index >= 15 is 0 Å². The molecule has 0 amide bonds. The van der Waals surface area contributed by atoms with Crippen LogP contribution >= 0.6 is 0 Å². The zero-order valence-corrected chi connectivity index (χ0v) is 13.3. The molecule has 2 aromatic rings. The van der Waals surface area contributed by atoms with Gasteiger partial charge in [0.15, 0.2) is 0 Å². The summed E-state index contributed by atoms with van der Waals surface area (Å²) in [4.78, 5) is 4.09. The average Bonchev–Trinajstić information content (AvgIpc) is 2.78. The van der Waals surface area contributed by atoms with E-state index in [0.717, 1.165) is 24.4 Å². The molecule has 1 aliphatic carbocycles. The first kappa shape index (κ1) is 14.3.